The fourth-order valence-electron chi connectivity index (χ4n) is 4.85. The molecule has 2 aliphatic heterocycles. The third-order valence-electron chi connectivity index (χ3n) is 6.20. The van der Waals surface area contributed by atoms with E-state index in [1.165, 1.54) is 32.1 Å². The lowest BCUT2D eigenvalue weighted by Crippen LogP contribution is -2.51. The maximum Gasteiger partial charge on any atom is 0.230 e. The first-order chi connectivity index (χ1) is 11.5. The van der Waals surface area contributed by atoms with Gasteiger partial charge in [0, 0.05) is 26.2 Å². The first-order valence-electron chi connectivity index (χ1n) is 9.74. The highest BCUT2D eigenvalue weighted by Gasteiger charge is 2.50. The molecule has 1 saturated carbocycles. The second kappa shape index (κ2) is 7.32. The lowest BCUT2D eigenvalue weighted by Gasteiger charge is -2.41. The van der Waals surface area contributed by atoms with E-state index in [4.69, 9.17) is 0 Å². The summed E-state index contributed by atoms with van der Waals surface area (Å²) >= 11 is 0. The number of hydrogen-bond acceptors (Lipinski definition) is 3. The van der Waals surface area contributed by atoms with Crippen LogP contribution in [0.5, 0.6) is 0 Å². The van der Waals surface area contributed by atoms with Crippen LogP contribution >= 0.6 is 0 Å². The quantitative estimate of drug-likeness (QED) is 0.761. The monoisotopic (exact) mass is 356 g/mol. The van der Waals surface area contributed by atoms with Gasteiger partial charge in [0.15, 0.2) is 0 Å². The summed E-state index contributed by atoms with van der Waals surface area (Å²) in [6.07, 6.45) is 9.61. The highest BCUT2D eigenvalue weighted by atomic mass is 32.2. The molecule has 138 valence electrons. The van der Waals surface area contributed by atoms with Crippen LogP contribution in [-0.4, -0.2) is 55.5 Å². The molecule has 1 aliphatic carbocycles. The first kappa shape index (κ1) is 18.2. The third kappa shape index (κ3) is 3.64. The summed E-state index contributed by atoms with van der Waals surface area (Å²) in [4.78, 5) is 15.2. The molecule has 3 aliphatic rings. The average molecular weight is 357 g/mol. The molecule has 3 fully saturated rings. The number of amides is 1. The number of rotatable bonds is 5. The van der Waals surface area contributed by atoms with Gasteiger partial charge in [-0.1, -0.05) is 26.2 Å². The van der Waals surface area contributed by atoms with Crippen molar-refractivity contribution in [3.8, 4) is 0 Å². The number of carbonyl (C=O) groups is 1. The Balaban J connectivity index is 1.66. The van der Waals surface area contributed by atoms with Gasteiger partial charge in [0.05, 0.1) is 11.2 Å². The van der Waals surface area contributed by atoms with E-state index >= 15 is 0 Å². The Morgan fingerprint density at radius 1 is 1.08 bits per heavy atom. The molecular formula is C18H32N2O3S. The van der Waals surface area contributed by atoms with Gasteiger partial charge in [-0.05, 0) is 44.4 Å². The van der Waals surface area contributed by atoms with E-state index in [2.05, 4.69) is 4.90 Å². The Hall–Kier alpha value is -0.620. The lowest BCUT2D eigenvalue weighted by atomic mass is 9.77. The van der Waals surface area contributed by atoms with Crippen molar-refractivity contribution < 1.29 is 13.2 Å². The van der Waals surface area contributed by atoms with Gasteiger partial charge in [0.2, 0.25) is 15.9 Å². The first-order valence-corrected chi connectivity index (χ1v) is 11.3. The predicted octanol–water partition coefficient (Wildman–Crippen LogP) is 2.62. The van der Waals surface area contributed by atoms with Crippen molar-refractivity contribution in [2.45, 2.75) is 64.7 Å². The van der Waals surface area contributed by atoms with Crippen molar-refractivity contribution in [2.75, 3.05) is 31.9 Å². The SMILES string of the molecule is CCCS(=O)(=O)N1CC[C@@]2(CCCN(CC3CCCCC3)C2=O)C1. The largest absolute Gasteiger partial charge is 0.342 e. The van der Waals surface area contributed by atoms with E-state index in [1.54, 1.807) is 4.31 Å². The van der Waals surface area contributed by atoms with Gasteiger partial charge in [0.1, 0.15) is 0 Å². The second-order valence-corrected chi connectivity index (χ2v) is 10.1. The van der Waals surface area contributed by atoms with Crippen molar-refractivity contribution >= 4 is 15.9 Å². The van der Waals surface area contributed by atoms with Crippen molar-refractivity contribution in [2.24, 2.45) is 11.3 Å². The summed E-state index contributed by atoms with van der Waals surface area (Å²) in [5, 5.41) is 0. The number of sulfonamides is 1. The molecule has 1 amide bonds. The Morgan fingerprint density at radius 2 is 1.83 bits per heavy atom. The molecule has 1 atom stereocenters. The highest BCUT2D eigenvalue weighted by molar-refractivity contribution is 7.89. The van der Waals surface area contributed by atoms with Crippen LogP contribution in [-0.2, 0) is 14.8 Å². The van der Waals surface area contributed by atoms with E-state index in [0.29, 0.717) is 31.8 Å². The predicted molar refractivity (Wildman–Crippen MR) is 95.1 cm³/mol. The molecule has 0 unspecified atom stereocenters. The van der Waals surface area contributed by atoms with Gasteiger partial charge in [-0.2, -0.15) is 0 Å². The molecule has 0 aromatic carbocycles. The molecule has 0 aromatic rings. The van der Waals surface area contributed by atoms with Crippen LogP contribution in [0.4, 0.5) is 0 Å². The van der Waals surface area contributed by atoms with E-state index in [1.807, 2.05) is 6.92 Å². The molecule has 24 heavy (non-hydrogen) atoms. The van der Waals surface area contributed by atoms with Crippen molar-refractivity contribution in [3.63, 3.8) is 0 Å². The normalized spacial score (nSPS) is 30.4. The van der Waals surface area contributed by atoms with E-state index < -0.39 is 15.4 Å². The Bertz CT molecular complexity index is 557. The number of carbonyl (C=O) groups excluding carboxylic acids is 1. The summed E-state index contributed by atoms with van der Waals surface area (Å²) in [6.45, 7) is 4.57. The fourth-order valence-corrected chi connectivity index (χ4v) is 6.43. The zero-order chi connectivity index (χ0) is 17.2. The van der Waals surface area contributed by atoms with Gasteiger partial charge in [-0.3, -0.25) is 4.79 Å². The molecule has 1 spiro atoms. The Kier molecular flexibility index (Phi) is 5.55. The second-order valence-electron chi connectivity index (χ2n) is 8.04. The molecule has 2 saturated heterocycles. The molecule has 0 aromatic heterocycles. The van der Waals surface area contributed by atoms with Crippen LogP contribution in [0, 0.1) is 11.3 Å². The molecule has 6 heteroatoms. The molecule has 2 heterocycles. The molecule has 0 bridgehead atoms. The summed E-state index contributed by atoms with van der Waals surface area (Å²) in [5.74, 6) is 1.08. The number of piperidine rings is 1. The summed E-state index contributed by atoms with van der Waals surface area (Å²) in [6, 6.07) is 0. The van der Waals surface area contributed by atoms with Crippen molar-refractivity contribution in [1.29, 1.82) is 0 Å². The minimum absolute atomic E-state index is 0.197. The molecular weight excluding hydrogens is 324 g/mol. The third-order valence-corrected chi connectivity index (χ3v) is 8.22. The van der Waals surface area contributed by atoms with Gasteiger partial charge in [-0.25, -0.2) is 12.7 Å². The zero-order valence-electron chi connectivity index (χ0n) is 15.0. The van der Waals surface area contributed by atoms with Crippen LogP contribution in [0.2, 0.25) is 0 Å². The summed E-state index contributed by atoms with van der Waals surface area (Å²) in [5.41, 5.74) is -0.437. The maximum absolute atomic E-state index is 13.2. The van der Waals surface area contributed by atoms with Crippen molar-refractivity contribution in [3.05, 3.63) is 0 Å². The summed E-state index contributed by atoms with van der Waals surface area (Å²) in [7, 11) is -3.19. The minimum atomic E-state index is -3.19. The number of likely N-dealkylation sites (tertiary alicyclic amines) is 1. The average Bonchev–Trinajstić information content (AvgIpc) is 2.99. The van der Waals surface area contributed by atoms with Crippen LogP contribution in [0.1, 0.15) is 64.7 Å². The Labute approximate surface area is 146 Å². The zero-order valence-corrected chi connectivity index (χ0v) is 15.8. The summed E-state index contributed by atoms with van der Waals surface area (Å²) < 4.78 is 26.3. The maximum atomic E-state index is 13.2. The van der Waals surface area contributed by atoms with Crippen molar-refractivity contribution in [1.82, 2.24) is 9.21 Å². The van der Waals surface area contributed by atoms with E-state index in [-0.39, 0.29) is 11.7 Å². The van der Waals surface area contributed by atoms with Gasteiger partial charge in [0.25, 0.3) is 0 Å². The van der Waals surface area contributed by atoms with Crippen LogP contribution in [0.15, 0.2) is 0 Å². The van der Waals surface area contributed by atoms with E-state index in [0.717, 1.165) is 25.9 Å². The standard InChI is InChI=1S/C18H32N2O3S/c1-2-13-24(22,23)20-12-10-18(15-20)9-6-11-19(17(18)21)14-16-7-4-3-5-8-16/h16H,2-15H2,1H3/t18-/m0/s1. The smallest absolute Gasteiger partial charge is 0.230 e. The van der Waals surface area contributed by atoms with E-state index in [9.17, 15) is 13.2 Å². The van der Waals surface area contributed by atoms with Crippen LogP contribution in [0.25, 0.3) is 0 Å². The number of nitrogens with zero attached hydrogens (tertiary/aromatic N) is 2. The molecule has 0 radical (unpaired) electrons. The molecule has 0 N–H and O–H groups in total. The van der Waals surface area contributed by atoms with Gasteiger partial charge >= 0.3 is 0 Å². The van der Waals surface area contributed by atoms with Crippen LogP contribution < -0.4 is 0 Å². The van der Waals surface area contributed by atoms with Gasteiger partial charge in [-0.15, -0.1) is 0 Å². The van der Waals surface area contributed by atoms with Gasteiger partial charge < -0.3 is 4.90 Å². The topological polar surface area (TPSA) is 57.7 Å². The Morgan fingerprint density at radius 3 is 2.54 bits per heavy atom. The fraction of sp³-hybridized carbons (Fsp3) is 0.944. The highest BCUT2D eigenvalue weighted by Crippen LogP contribution is 2.41. The molecule has 5 nitrogen and oxygen atoms in total. The van der Waals surface area contributed by atoms with Crippen LogP contribution in [0.3, 0.4) is 0 Å². The lowest BCUT2D eigenvalue weighted by molar-refractivity contribution is -0.146. The number of hydrogen-bond donors (Lipinski definition) is 0. The molecule has 3 rings (SSSR count). The minimum Gasteiger partial charge on any atom is -0.342 e.